The van der Waals surface area contributed by atoms with E-state index in [2.05, 4.69) is 26.2 Å². The quantitative estimate of drug-likeness (QED) is 0.891. The second kappa shape index (κ2) is 6.37. The van der Waals surface area contributed by atoms with Gasteiger partial charge in [-0.2, -0.15) is 0 Å². The Labute approximate surface area is 114 Å². The molecule has 1 heterocycles. The van der Waals surface area contributed by atoms with Crippen molar-refractivity contribution in [2.75, 3.05) is 18.5 Å². The molecular weight excluding hydrogens is 294 g/mol. The molecule has 18 heavy (non-hydrogen) atoms. The van der Waals surface area contributed by atoms with Gasteiger partial charge in [0.1, 0.15) is 18.2 Å². The maximum Gasteiger partial charge on any atom is 0.130 e. The molecule has 2 aromatic rings. The normalized spacial score (nSPS) is 10.1. The number of nitrogens with zero attached hydrogens (tertiary/aromatic N) is 1. The lowest BCUT2D eigenvalue weighted by atomic mass is 10.3. The average Bonchev–Trinajstić information content (AvgIpc) is 2.41. The molecule has 3 N–H and O–H groups in total. The Balaban J connectivity index is 1.99. The van der Waals surface area contributed by atoms with Crippen LogP contribution in [0, 0.1) is 0 Å². The van der Waals surface area contributed by atoms with Gasteiger partial charge in [0.15, 0.2) is 0 Å². The van der Waals surface area contributed by atoms with Crippen molar-refractivity contribution in [2.24, 2.45) is 5.73 Å². The molecule has 0 aliphatic carbocycles. The molecule has 0 saturated carbocycles. The predicted molar refractivity (Wildman–Crippen MR) is 76.2 cm³/mol. The summed E-state index contributed by atoms with van der Waals surface area (Å²) in [5, 5.41) is 3.20. The molecule has 0 spiro atoms. The summed E-state index contributed by atoms with van der Waals surface area (Å²) in [6.07, 6.45) is 1.75. The molecule has 0 saturated heterocycles. The fourth-order valence-electron chi connectivity index (χ4n) is 1.41. The first kappa shape index (κ1) is 12.9. The number of nitrogens with two attached hydrogens (primary N) is 1. The van der Waals surface area contributed by atoms with E-state index in [1.165, 1.54) is 0 Å². The van der Waals surface area contributed by atoms with E-state index in [-0.39, 0.29) is 0 Å². The van der Waals surface area contributed by atoms with Gasteiger partial charge in [0.2, 0.25) is 0 Å². The monoisotopic (exact) mass is 307 g/mol. The zero-order chi connectivity index (χ0) is 12.8. The lowest BCUT2D eigenvalue weighted by Crippen LogP contribution is -2.10. The number of rotatable bonds is 5. The molecule has 0 radical (unpaired) electrons. The van der Waals surface area contributed by atoms with Crippen LogP contribution >= 0.6 is 15.9 Å². The first-order valence-corrected chi connectivity index (χ1v) is 6.39. The molecule has 0 aliphatic heterocycles. The third-order valence-electron chi connectivity index (χ3n) is 2.24. The zero-order valence-electron chi connectivity index (χ0n) is 9.77. The van der Waals surface area contributed by atoms with Gasteiger partial charge >= 0.3 is 0 Å². The van der Waals surface area contributed by atoms with E-state index in [1.807, 2.05) is 36.4 Å². The maximum absolute atomic E-state index is 5.40. The fraction of sp³-hybridized carbons (Fsp3) is 0.154. The summed E-state index contributed by atoms with van der Waals surface area (Å²) in [5.74, 6) is 1.61. The van der Waals surface area contributed by atoms with Gasteiger partial charge in [0.05, 0.1) is 0 Å². The van der Waals surface area contributed by atoms with Crippen molar-refractivity contribution >= 4 is 27.4 Å². The topological polar surface area (TPSA) is 60.2 Å². The van der Waals surface area contributed by atoms with Gasteiger partial charge in [0.25, 0.3) is 0 Å². The summed E-state index contributed by atoms with van der Waals surface area (Å²) < 4.78 is 6.36. The highest BCUT2D eigenvalue weighted by Crippen LogP contribution is 2.19. The zero-order valence-corrected chi connectivity index (χ0v) is 11.4. The van der Waals surface area contributed by atoms with Gasteiger partial charge in [0, 0.05) is 22.9 Å². The molecule has 0 atom stereocenters. The molecule has 4 nitrogen and oxygen atoms in total. The van der Waals surface area contributed by atoms with Crippen molar-refractivity contribution in [1.82, 2.24) is 4.98 Å². The molecule has 0 aliphatic rings. The summed E-state index contributed by atoms with van der Waals surface area (Å²) in [4.78, 5) is 4.24. The van der Waals surface area contributed by atoms with Gasteiger partial charge in [-0.3, -0.25) is 0 Å². The average molecular weight is 308 g/mol. The lowest BCUT2D eigenvalue weighted by Gasteiger charge is -2.07. The van der Waals surface area contributed by atoms with Crippen LogP contribution in [0.5, 0.6) is 5.75 Å². The minimum atomic E-state index is 0.517. The van der Waals surface area contributed by atoms with Crippen molar-refractivity contribution in [2.45, 2.75) is 0 Å². The Kier molecular flexibility index (Phi) is 4.55. The van der Waals surface area contributed by atoms with E-state index >= 15 is 0 Å². The third-order valence-corrected chi connectivity index (χ3v) is 2.71. The molecule has 1 aromatic heterocycles. The first-order chi connectivity index (χ1) is 8.78. The van der Waals surface area contributed by atoms with Crippen LogP contribution in [-0.2, 0) is 0 Å². The van der Waals surface area contributed by atoms with E-state index < -0.39 is 0 Å². The number of hydrogen-bond acceptors (Lipinski definition) is 4. The smallest absolute Gasteiger partial charge is 0.130 e. The molecule has 94 valence electrons. The van der Waals surface area contributed by atoms with Gasteiger partial charge in [-0.25, -0.2) is 4.98 Å². The summed E-state index contributed by atoms with van der Waals surface area (Å²) in [6.45, 7) is 1.05. The molecule has 0 unspecified atom stereocenters. The fourth-order valence-corrected chi connectivity index (χ4v) is 1.64. The molecule has 0 fully saturated rings. The largest absolute Gasteiger partial charge is 0.492 e. The van der Waals surface area contributed by atoms with Crippen molar-refractivity contribution in [3.63, 3.8) is 0 Å². The van der Waals surface area contributed by atoms with Gasteiger partial charge < -0.3 is 15.8 Å². The van der Waals surface area contributed by atoms with Crippen LogP contribution in [0.15, 0.2) is 47.1 Å². The summed E-state index contributed by atoms with van der Waals surface area (Å²) in [7, 11) is 0. The lowest BCUT2D eigenvalue weighted by molar-refractivity contribution is 0.328. The van der Waals surface area contributed by atoms with Crippen LogP contribution in [0.25, 0.3) is 0 Å². The van der Waals surface area contributed by atoms with Crippen LogP contribution in [0.2, 0.25) is 0 Å². The van der Waals surface area contributed by atoms with Crippen LogP contribution in [0.1, 0.15) is 0 Å². The van der Waals surface area contributed by atoms with Crippen LogP contribution in [0.4, 0.5) is 11.5 Å². The van der Waals surface area contributed by atoms with E-state index in [0.717, 1.165) is 21.7 Å². The van der Waals surface area contributed by atoms with Crippen molar-refractivity contribution in [1.29, 1.82) is 0 Å². The number of anilines is 2. The van der Waals surface area contributed by atoms with E-state index in [9.17, 15) is 0 Å². The van der Waals surface area contributed by atoms with Crippen LogP contribution < -0.4 is 15.8 Å². The summed E-state index contributed by atoms with van der Waals surface area (Å²) in [6, 6.07) is 11.5. The van der Waals surface area contributed by atoms with Gasteiger partial charge in [-0.1, -0.05) is 0 Å². The minimum absolute atomic E-state index is 0.517. The number of hydrogen-bond donors (Lipinski definition) is 2. The second-order valence-electron chi connectivity index (χ2n) is 3.65. The van der Waals surface area contributed by atoms with Crippen LogP contribution in [-0.4, -0.2) is 18.1 Å². The standard InChI is InChI=1S/C13H14BrN3O/c14-10-1-6-13(16-9-10)17-11-2-4-12(5-3-11)18-8-7-15/h1-6,9H,7-8,15H2,(H,16,17). The number of pyridine rings is 1. The van der Waals surface area contributed by atoms with E-state index in [0.29, 0.717) is 13.2 Å². The van der Waals surface area contributed by atoms with Crippen molar-refractivity contribution < 1.29 is 4.74 Å². The predicted octanol–water partition coefficient (Wildman–Crippen LogP) is 2.93. The highest BCUT2D eigenvalue weighted by Gasteiger charge is 1.97. The Morgan fingerprint density at radius 3 is 2.56 bits per heavy atom. The first-order valence-electron chi connectivity index (χ1n) is 5.59. The molecule has 0 amide bonds. The van der Waals surface area contributed by atoms with Gasteiger partial charge in [-0.15, -0.1) is 0 Å². The number of ether oxygens (including phenoxy) is 1. The minimum Gasteiger partial charge on any atom is -0.492 e. The Morgan fingerprint density at radius 1 is 1.17 bits per heavy atom. The molecule has 5 heteroatoms. The SMILES string of the molecule is NCCOc1ccc(Nc2ccc(Br)cn2)cc1. The summed E-state index contributed by atoms with van der Waals surface area (Å²) in [5.41, 5.74) is 6.33. The number of halogens is 1. The molecule has 0 bridgehead atoms. The number of aromatic nitrogens is 1. The molecule has 1 aromatic carbocycles. The van der Waals surface area contributed by atoms with Crippen molar-refractivity contribution in [3.8, 4) is 5.75 Å². The highest BCUT2D eigenvalue weighted by atomic mass is 79.9. The number of benzene rings is 1. The molecule has 2 rings (SSSR count). The Morgan fingerprint density at radius 2 is 1.94 bits per heavy atom. The van der Waals surface area contributed by atoms with E-state index in [1.54, 1.807) is 6.20 Å². The number of nitrogens with one attached hydrogen (secondary N) is 1. The Bertz CT molecular complexity index is 485. The van der Waals surface area contributed by atoms with Gasteiger partial charge in [-0.05, 0) is 52.3 Å². The highest BCUT2D eigenvalue weighted by molar-refractivity contribution is 9.10. The third kappa shape index (κ3) is 3.72. The Hall–Kier alpha value is -1.59. The summed E-state index contributed by atoms with van der Waals surface area (Å²) >= 11 is 3.35. The van der Waals surface area contributed by atoms with E-state index in [4.69, 9.17) is 10.5 Å². The maximum atomic E-state index is 5.40. The second-order valence-corrected chi connectivity index (χ2v) is 4.56. The van der Waals surface area contributed by atoms with Crippen molar-refractivity contribution in [3.05, 3.63) is 47.1 Å². The van der Waals surface area contributed by atoms with Crippen LogP contribution in [0.3, 0.4) is 0 Å². The molecular formula is C13H14BrN3O.